The highest BCUT2D eigenvalue weighted by atomic mass is 32.2. The summed E-state index contributed by atoms with van der Waals surface area (Å²) in [7, 11) is 0. The third-order valence-electron chi connectivity index (χ3n) is 3.23. The van der Waals surface area contributed by atoms with Crippen molar-refractivity contribution in [2.75, 3.05) is 0 Å². The molecule has 1 atom stereocenters. The minimum Gasteiger partial charge on any atom is -0.118 e. The van der Waals surface area contributed by atoms with E-state index in [4.69, 9.17) is 0 Å². The van der Waals surface area contributed by atoms with Crippen molar-refractivity contribution < 1.29 is 0 Å². The molecule has 94 valence electrons. The van der Waals surface area contributed by atoms with Gasteiger partial charge in [0.25, 0.3) is 0 Å². The summed E-state index contributed by atoms with van der Waals surface area (Å²) in [5.74, 6) is 0. The lowest BCUT2D eigenvalue weighted by Gasteiger charge is -2.19. The van der Waals surface area contributed by atoms with Gasteiger partial charge in [0.15, 0.2) is 0 Å². The molecule has 0 N–H and O–H groups in total. The lowest BCUT2D eigenvalue weighted by atomic mass is 10.0. The number of allylic oxidation sites excluding steroid dienone is 3. The van der Waals surface area contributed by atoms with Gasteiger partial charge in [-0.25, -0.2) is 0 Å². The molecule has 0 spiro atoms. The second-order valence-electron chi connectivity index (χ2n) is 4.64. The van der Waals surface area contributed by atoms with Gasteiger partial charge in [0.1, 0.15) is 0 Å². The average Bonchev–Trinajstić information content (AvgIpc) is 2.43. The standard InChI is InChI=1S/C18H16S/c1-3-8-15(9-4-1)14-18(19-17-12-7-13-17)16-10-5-2-6-11-16/h1-13,18H,14H2. The van der Waals surface area contributed by atoms with Crippen LogP contribution in [0.4, 0.5) is 0 Å². The fourth-order valence-electron chi connectivity index (χ4n) is 2.14. The molecule has 0 saturated heterocycles. The highest BCUT2D eigenvalue weighted by molar-refractivity contribution is 8.03. The molecule has 1 aliphatic carbocycles. The Morgan fingerprint density at radius 3 is 2.05 bits per heavy atom. The Morgan fingerprint density at radius 2 is 1.47 bits per heavy atom. The predicted molar refractivity (Wildman–Crippen MR) is 84.1 cm³/mol. The van der Waals surface area contributed by atoms with E-state index in [2.05, 4.69) is 78.9 Å². The SMILES string of the molecule is C1=CC(SC(Cc2ccccc2)c2ccccc2)=C1. The molecule has 0 radical (unpaired) electrons. The van der Waals surface area contributed by atoms with E-state index in [9.17, 15) is 0 Å². The molecule has 0 saturated carbocycles. The molecular formula is C18H16S. The lowest BCUT2D eigenvalue weighted by Crippen LogP contribution is -2.00. The number of hydrogen-bond donors (Lipinski definition) is 0. The quantitative estimate of drug-likeness (QED) is 0.719. The van der Waals surface area contributed by atoms with Gasteiger partial charge in [-0.15, -0.1) is 11.8 Å². The average molecular weight is 264 g/mol. The summed E-state index contributed by atoms with van der Waals surface area (Å²) >= 11 is 1.95. The monoisotopic (exact) mass is 264 g/mol. The van der Waals surface area contributed by atoms with Crippen molar-refractivity contribution >= 4 is 11.8 Å². The second-order valence-corrected chi connectivity index (χ2v) is 5.91. The smallest absolute Gasteiger partial charge is 0.0384 e. The minimum atomic E-state index is 0.486. The third kappa shape index (κ3) is 3.18. The maximum absolute atomic E-state index is 2.23. The number of thioether (sulfide) groups is 1. The van der Waals surface area contributed by atoms with E-state index < -0.39 is 0 Å². The number of rotatable bonds is 5. The molecule has 0 aromatic heterocycles. The largest absolute Gasteiger partial charge is 0.118 e. The predicted octanol–water partition coefficient (Wildman–Crippen LogP) is 5.16. The lowest BCUT2D eigenvalue weighted by molar-refractivity contribution is 0.935. The summed E-state index contributed by atoms with van der Waals surface area (Å²) < 4.78 is 0. The Kier molecular flexibility index (Phi) is 3.85. The Bertz CT molecular complexity index is 582. The molecule has 19 heavy (non-hydrogen) atoms. The van der Waals surface area contributed by atoms with Crippen LogP contribution in [0.2, 0.25) is 0 Å². The van der Waals surface area contributed by atoms with E-state index in [0.717, 1.165) is 6.42 Å². The van der Waals surface area contributed by atoms with Crippen LogP contribution >= 0.6 is 11.8 Å². The molecule has 2 aromatic rings. The highest BCUT2D eigenvalue weighted by Crippen LogP contribution is 2.39. The summed E-state index contributed by atoms with van der Waals surface area (Å²) in [5, 5.41) is 0.486. The van der Waals surface area contributed by atoms with Crippen molar-refractivity contribution in [1.29, 1.82) is 0 Å². The molecule has 2 aromatic carbocycles. The zero-order chi connectivity index (χ0) is 12.9. The van der Waals surface area contributed by atoms with Crippen LogP contribution in [0.25, 0.3) is 0 Å². The molecule has 3 rings (SSSR count). The molecule has 0 amide bonds. The molecule has 0 bridgehead atoms. The molecule has 0 aliphatic heterocycles. The van der Waals surface area contributed by atoms with Crippen molar-refractivity contribution in [2.24, 2.45) is 0 Å². The van der Waals surface area contributed by atoms with Crippen LogP contribution in [0.3, 0.4) is 0 Å². The zero-order valence-corrected chi connectivity index (χ0v) is 11.5. The fraction of sp³-hybridized carbons (Fsp3) is 0.111. The Morgan fingerprint density at radius 1 is 0.842 bits per heavy atom. The first-order valence-corrected chi connectivity index (χ1v) is 7.44. The van der Waals surface area contributed by atoms with Crippen molar-refractivity contribution in [3.63, 3.8) is 0 Å². The Hall–Kier alpha value is -1.73. The first kappa shape index (κ1) is 12.3. The van der Waals surface area contributed by atoms with E-state index in [0.29, 0.717) is 5.25 Å². The zero-order valence-electron chi connectivity index (χ0n) is 10.7. The minimum absolute atomic E-state index is 0.486. The van der Waals surface area contributed by atoms with Crippen molar-refractivity contribution in [2.45, 2.75) is 11.7 Å². The maximum Gasteiger partial charge on any atom is 0.0384 e. The van der Waals surface area contributed by atoms with Gasteiger partial charge in [0.2, 0.25) is 0 Å². The van der Waals surface area contributed by atoms with Gasteiger partial charge in [-0.2, -0.15) is 0 Å². The Balaban J connectivity index is 1.80. The molecular weight excluding hydrogens is 248 g/mol. The molecule has 1 heteroatoms. The summed E-state index contributed by atoms with van der Waals surface area (Å²) in [6.07, 6.45) is 7.55. The van der Waals surface area contributed by atoms with Crippen molar-refractivity contribution in [1.82, 2.24) is 0 Å². The number of benzene rings is 2. The van der Waals surface area contributed by atoms with Crippen molar-refractivity contribution in [3.05, 3.63) is 94.9 Å². The second kappa shape index (κ2) is 5.94. The van der Waals surface area contributed by atoms with E-state index >= 15 is 0 Å². The van der Waals surface area contributed by atoms with Crippen LogP contribution in [0.15, 0.2) is 83.8 Å². The van der Waals surface area contributed by atoms with E-state index in [1.807, 2.05) is 11.8 Å². The summed E-state index contributed by atoms with van der Waals surface area (Å²) in [5.41, 5.74) is 2.80. The third-order valence-corrected chi connectivity index (χ3v) is 4.50. The van der Waals surface area contributed by atoms with Crippen molar-refractivity contribution in [3.8, 4) is 0 Å². The van der Waals surface area contributed by atoms with Crippen LogP contribution in [0, 0.1) is 0 Å². The van der Waals surface area contributed by atoms with Gasteiger partial charge < -0.3 is 0 Å². The molecule has 1 aliphatic rings. The van der Waals surface area contributed by atoms with Crippen LogP contribution in [-0.4, -0.2) is 0 Å². The van der Waals surface area contributed by atoms with Crippen LogP contribution in [-0.2, 0) is 6.42 Å². The van der Waals surface area contributed by atoms with E-state index in [1.165, 1.54) is 16.0 Å². The first-order valence-electron chi connectivity index (χ1n) is 6.56. The van der Waals surface area contributed by atoms with Gasteiger partial charge in [-0.05, 0) is 29.7 Å². The van der Waals surface area contributed by atoms with Gasteiger partial charge in [0, 0.05) is 10.2 Å². The van der Waals surface area contributed by atoms with Gasteiger partial charge in [-0.3, -0.25) is 0 Å². The molecule has 0 nitrogen and oxygen atoms in total. The van der Waals surface area contributed by atoms with Crippen LogP contribution in [0.5, 0.6) is 0 Å². The topological polar surface area (TPSA) is 0 Å². The van der Waals surface area contributed by atoms with Gasteiger partial charge in [-0.1, -0.05) is 66.7 Å². The van der Waals surface area contributed by atoms with Crippen LogP contribution < -0.4 is 0 Å². The first-order chi connectivity index (χ1) is 9.42. The summed E-state index contributed by atoms with van der Waals surface area (Å²) in [4.78, 5) is 1.38. The van der Waals surface area contributed by atoms with E-state index in [1.54, 1.807) is 0 Å². The van der Waals surface area contributed by atoms with Gasteiger partial charge in [0.05, 0.1) is 0 Å². The molecule has 0 fully saturated rings. The fourth-order valence-corrected chi connectivity index (χ4v) is 3.35. The maximum atomic E-state index is 2.23. The summed E-state index contributed by atoms with van der Waals surface area (Å²) in [6.45, 7) is 0. The summed E-state index contributed by atoms with van der Waals surface area (Å²) in [6, 6.07) is 21.5. The van der Waals surface area contributed by atoms with E-state index in [-0.39, 0.29) is 0 Å². The highest BCUT2D eigenvalue weighted by Gasteiger charge is 2.15. The molecule has 0 heterocycles. The van der Waals surface area contributed by atoms with Crippen LogP contribution in [0.1, 0.15) is 16.4 Å². The molecule has 1 unspecified atom stereocenters. The number of hydrogen-bond acceptors (Lipinski definition) is 1. The van der Waals surface area contributed by atoms with Gasteiger partial charge >= 0.3 is 0 Å². The normalized spacial score (nSPS) is 14.6. The Labute approximate surface area is 118 Å².